The molecule has 3 unspecified atom stereocenters. The Morgan fingerprint density at radius 3 is 2.68 bits per heavy atom. The zero-order valence-electron chi connectivity index (χ0n) is 11.9. The van der Waals surface area contributed by atoms with Gasteiger partial charge in [-0.3, -0.25) is 0 Å². The maximum Gasteiger partial charge on any atom is 0.165 e. The van der Waals surface area contributed by atoms with Crippen molar-refractivity contribution in [1.82, 2.24) is 0 Å². The number of halogens is 1. The van der Waals surface area contributed by atoms with Crippen molar-refractivity contribution in [2.45, 2.75) is 45.1 Å². The number of hydrogen-bond acceptors (Lipinski definition) is 2. The topological polar surface area (TPSA) is 29.5 Å². The van der Waals surface area contributed by atoms with Crippen molar-refractivity contribution in [2.24, 2.45) is 11.8 Å². The fraction of sp³-hybridized carbons (Fsp3) is 0.625. The highest BCUT2D eigenvalue weighted by molar-refractivity contribution is 5.30. The Bertz CT molecular complexity index is 446. The molecule has 3 atom stereocenters. The number of ether oxygens (including phenoxy) is 1. The minimum Gasteiger partial charge on any atom is -0.494 e. The molecule has 0 heterocycles. The highest BCUT2D eigenvalue weighted by Crippen LogP contribution is 2.38. The van der Waals surface area contributed by atoms with E-state index in [0.717, 1.165) is 24.8 Å². The summed E-state index contributed by atoms with van der Waals surface area (Å²) in [6, 6.07) is 4.94. The molecule has 3 heteroatoms. The van der Waals surface area contributed by atoms with E-state index in [0.29, 0.717) is 18.3 Å². The average Bonchev–Trinajstić information content (AvgIpc) is 2.34. The van der Waals surface area contributed by atoms with Crippen LogP contribution in [0.3, 0.4) is 0 Å². The monoisotopic (exact) mass is 266 g/mol. The minimum absolute atomic E-state index is 0.251. The van der Waals surface area contributed by atoms with Crippen LogP contribution in [0.5, 0.6) is 5.75 Å². The third kappa shape index (κ3) is 3.27. The van der Waals surface area contributed by atoms with Gasteiger partial charge in [-0.1, -0.05) is 19.9 Å². The quantitative estimate of drug-likeness (QED) is 0.906. The van der Waals surface area contributed by atoms with Gasteiger partial charge in [0.1, 0.15) is 0 Å². The lowest BCUT2D eigenvalue weighted by atomic mass is 9.71. The SMILES string of the molecule is COc1ccc(CC2(O)CCC(C)C(C)C2)cc1F. The van der Waals surface area contributed by atoms with E-state index in [1.54, 1.807) is 6.07 Å². The molecule has 2 nitrogen and oxygen atoms in total. The van der Waals surface area contributed by atoms with Crippen molar-refractivity contribution in [1.29, 1.82) is 0 Å². The molecular weight excluding hydrogens is 243 g/mol. The molecule has 19 heavy (non-hydrogen) atoms. The van der Waals surface area contributed by atoms with E-state index in [1.807, 2.05) is 6.07 Å². The Hall–Kier alpha value is -1.09. The van der Waals surface area contributed by atoms with Gasteiger partial charge in [0.15, 0.2) is 11.6 Å². The van der Waals surface area contributed by atoms with Crippen molar-refractivity contribution in [3.05, 3.63) is 29.6 Å². The number of aliphatic hydroxyl groups is 1. The lowest BCUT2D eigenvalue weighted by Gasteiger charge is -2.39. The maximum absolute atomic E-state index is 13.7. The molecule has 0 amide bonds. The fourth-order valence-electron chi connectivity index (χ4n) is 3.04. The molecule has 1 aliphatic rings. The standard InChI is InChI=1S/C16H23FO2/c1-11-6-7-16(18,9-12(11)2)10-13-4-5-15(19-3)14(17)8-13/h4-5,8,11-12,18H,6-7,9-10H2,1-3H3. The lowest BCUT2D eigenvalue weighted by Crippen LogP contribution is -2.39. The van der Waals surface area contributed by atoms with Gasteiger partial charge in [0, 0.05) is 6.42 Å². The van der Waals surface area contributed by atoms with E-state index in [4.69, 9.17) is 4.74 Å². The maximum atomic E-state index is 13.7. The zero-order valence-corrected chi connectivity index (χ0v) is 11.9. The number of methoxy groups -OCH3 is 1. The van der Waals surface area contributed by atoms with E-state index in [9.17, 15) is 9.50 Å². The predicted molar refractivity (Wildman–Crippen MR) is 73.8 cm³/mol. The summed E-state index contributed by atoms with van der Waals surface area (Å²) in [5.41, 5.74) is 0.148. The van der Waals surface area contributed by atoms with Crippen LogP contribution in [0, 0.1) is 17.7 Å². The molecule has 0 aliphatic heterocycles. The zero-order chi connectivity index (χ0) is 14.0. The Balaban J connectivity index is 2.10. The smallest absolute Gasteiger partial charge is 0.165 e. The second-order valence-corrected chi connectivity index (χ2v) is 6.07. The number of rotatable bonds is 3. The Morgan fingerprint density at radius 2 is 2.11 bits per heavy atom. The first-order valence-corrected chi connectivity index (χ1v) is 6.98. The van der Waals surface area contributed by atoms with Crippen LogP contribution in [-0.4, -0.2) is 17.8 Å². The van der Waals surface area contributed by atoms with Crippen LogP contribution < -0.4 is 4.74 Å². The average molecular weight is 266 g/mol. The molecule has 0 bridgehead atoms. The van der Waals surface area contributed by atoms with Crippen LogP contribution in [0.2, 0.25) is 0 Å². The van der Waals surface area contributed by atoms with Gasteiger partial charge in [0.05, 0.1) is 12.7 Å². The second-order valence-electron chi connectivity index (χ2n) is 6.07. The van der Waals surface area contributed by atoms with Gasteiger partial charge in [0.2, 0.25) is 0 Å². The summed E-state index contributed by atoms with van der Waals surface area (Å²) in [6.07, 6.45) is 3.15. The van der Waals surface area contributed by atoms with E-state index in [1.165, 1.54) is 13.2 Å². The third-order valence-electron chi connectivity index (χ3n) is 4.49. The molecule has 2 rings (SSSR count). The van der Waals surface area contributed by atoms with Crippen LogP contribution in [0.4, 0.5) is 4.39 Å². The first-order chi connectivity index (χ1) is 8.93. The minimum atomic E-state index is -0.688. The molecule has 0 aromatic heterocycles. The van der Waals surface area contributed by atoms with Gasteiger partial charge in [-0.25, -0.2) is 4.39 Å². The Labute approximate surface area is 114 Å². The van der Waals surface area contributed by atoms with Gasteiger partial charge in [-0.05, 0) is 48.8 Å². The van der Waals surface area contributed by atoms with Crippen molar-refractivity contribution >= 4 is 0 Å². The van der Waals surface area contributed by atoms with Crippen molar-refractivity contribution in [3.63, 3.8) is 0 Å². The van der Waals surface area contributed by atoms with Crippen LogP contribution in [0.1, 0.15) is 38.7 Å². The van der Waals surface area contributed by atoms with E-state index < -0.39 is 5.60 Å². The first-order valence-electron chi connectivity index (χ1n) is 6.98. The molecule has 1 N–H and O–H groups in total. The van der Waals surface area contributed by atoms with Gasteiger partial charge < -0.3 is 9.84 Å². The molecule has 1 aromatic carbocycles. The van der Waals surface area contributed by atoms with Gasteiger partial charge in [-0.2, -0.15) is 0 Å². The normalized spacial score (nSPS) is 31.2. The lowest BCUT2D eigenvalue weighted by molar-refractivity contribution is -0.0280. The largest absolute Gasteiger partial charge is 0.494 e. The van der Waals surface area contributed by atoms with E-state index in [-0.39, 0.29) is 11.6 Å². The first kappa shape index (κ1) is 14.3. The summed E-state index contributed by atoms with van der Waals surface area (Å²) in [6.45, 7) is 4.42. The molecule has 0 spiro atoms. The molecular formula is C16H23FO2. The van der Waals surface area contributed by atoms with Crippen molar-refractivity contribution < 1.29 is 14.2 Å². The highest BCUT2D eigenvalue weighted by Gasteiger charge is 2.35. The molecule has 1 fully saturated rings. The van der Waals surface area contributed by atoms with Crippen molar-refractivity contribution in [2.75, 3.05) is 7.11 Å². The molecule has 0 radical (unpaired) electrons. The molecule has 1 saturated carbocycles. The molecule has 106 valence electrons. The Kier molecular flexibility index (Phi) is 4.14. The molecule has 0 saturated heterocycles. The number of hydrogen-bond donors (Lipinski definition) is 1. The Morgan fingerprint density at radius 1 is 1.37 bits per heavy atom. The molecule has 1 aromatic rings. The summed E-state index contributed by atoms with van der Waals surface area (Å²) in [5.74, 6) is 1.07. The third-order valence-corrected chi connectivity index (χ3v) is 4.49. The summed E-state index contributed by atoms with van der Waals surface area (Å²) in [4.78, 5) is 0. The predicted octanol–water partition coefficient (Wildman–Crippen LogP) is 3.56. The fourth-order valence-corrected chi connectivity index (χ4v) is 3.04. The summed E-state index contributed by atoms with van der Waals surface area (Å²) >= 11 is 0. The summed E-state index contributed by atoms with van der Waals surface area (Å²) in [5, 5.41) is 10.7. The van der Waals surface area contributed by atoms with Gasteiger partial charge in [0.25, 0.3) is 0 Å². The summed E-state index contributed by atoms with van der Waals surface area (Å²) in [7, 11) is 1.45. The van der Waals surface area contributed by atoms with E-state index in [2.05, 4.69) is 13.8 Å². The van der Waals surface area contributed by atoms with E-state index >= 15 is 0 Å². The van der Waals surface area contributed by atoms with Crippen LogP contribution in [0.25, 0.3) is 0 Å². The number of benzene rings is 1. The van der Waals surface area contributed by atoms with Gasteiger partial charge >= 0.3 is 0 Å². The van der Waals surface area contributed by atoms with Crippen molar-refractivity contribution in [3.8, 4) is 5.75 Å². The second kappa shape index (κ2) is 5.49. The van der Waals surface area contributed by atoms with Crippen LogP contribution >= 0.6 is 0 Å². The highest BCUT2D eigenvalue weighted by atomic mass is 19.1. The van der Waals surface area contributed by atoms with Crippen LogP contribution in [-0.2, 0) is 6.42 Å². The summed E-state index contributed by atoms with van der Waals surface area (Å²) < 4.78 is 18.6. The molecule has 1 aliphatic carbocycles. The van der Waals surface area contributed by atoms with Gasteiger partial charge in [-0.15, -0.1) is 0 Å². The van der Waals surface area contributed by atoms with Crippen LogP contribution in [0.15, 0.2) is 18.2 Å².